The lowest BCUT2D eigenvalue weighted by Crippen LogP contribution is -2.10. The number of nitrogens with zero attached hydrogens (tertiary/aromatic N) is 2. The summed E-state index contributed by atoms with van der Waals surface area (Å²) in [4.78, 5) is 7.65. The van der Waals surface area contributed by atoms with Crippen LogP contribution in [0.15, 0.2) is 36.7 Å². The van der Waals surface area contributed by atoms with Crippen LogP contribution in [-0.2, 0) is 0 Å². The van der Waals surface area contributed by atoms with Gasteiger partial charge in [-0.2, -0.15) is 0 Å². The number of hydrogen-bond acceptors (Lipinski definition) is 4. The Hall–Kier alpha value is -1.46. The van der Waals surface area contributed by atoms with Crippen molar-refractivity contribution in [3.63, 3.8) is 0 Å². The number of pyridine rings is 2. The van der Waals surface area contributed by atoms with E-state index in [1.54, 1.807) is 24.3 Å². The zero-order valence-corrected chi connectivity index (χ0v) is 10.0. The van der Waals surface area contributed by atoms with Gasteiger partial charge in [0.1, 0.15) is 21.8 Å². The maximum Gasteiger partial charge on any atom is 0.658 e. The first-order valence-electron chi connectivity index (χ1n) is 4.62. The molecule has 0 saturated carbocycles. The maximum absolute atomic E-state index is 5.69. The summed E-state index contributed by atoms with van der Waals surface area (Å²) in [7, 11) is 1.18. The molecule has 2 aromatic heterocycles. The van der Waals surface area contributed by atoms with Gasteiger partial charge in [-0.1, -0.05) is 23.2 Å². The zero-order valence-electron chi connectivity index (χ0n) is 8.51. The zero-order chi connectivity index (χ0) is 12.1. The molecule has 0 aliphatic rings. The van der Waals surface area contributed by atoms with Crippen LogP contribution in [0.1, 0.15) is 0 Å². The molecule has 0 spiro atoms. The van der Waals surface area contributed by atoms with E-state index in [0.29, 0.717) is 21.8 Å². The molecule has 0 atom stereocenters. The minimum atomic E-state index is 0.350. The van der Waals surface area contributed by atoms with Crippen LogP contribution in [0.4, 0.5) is 0 Å². The Morgan fingerprint density at radius 3 is 1.76 bits per heavy atom. The monoisotopic (exact) mass is 267 g/mol. The highest BCUT2D eigenvalue weighted by Crippen LogP contribution is 2.16. The minimum Gasteiger partial charge on any atom is -0.526 e. The van der Waals surface area contributed by atoms with E-state index in [9.17, 15) is 0 Å². The molecule has 0 amide bonds. The van der Waals surface area contributed by atoms with Gasteiger partial charge in [-0.3, -0.25) is 0 Å². The number of aromatic nitrogens is 2. The van der Waals surface area contributed by atoms with Crippen LogP contribution >= 0.6 is 23.2 Å². The molecule has 4 nitrogen and oxygen atoms in total. The topological polar surface area (TPSA) is 44.2 Å². The van der Waals surface area contributed by atoms with Gasteiger partial charge in [0.2, 0.25) is 0 Å². The smallest absolute Gasteiger partial charge is 0.526 e. The third-order valence-electron chi connectivity index (χ3n) is 1.76. The molecule has 0 N–H and O–H groups in total. The Labute approximate surface area is 109 Å². The minimum absolute atomic E-state index is 0.350. The van der Waals surface area contributed by atoms with Gasteiger partial charge in [-0.15, -0.1) is 0 Å². The highest BCUT2D eigenvalue weighted by molar-refractivity contribution is 6.30. The summed E-state index contributed by atoms with van der Waals surface area (Å²) in [5.74, 6) is 1.07. The van der Waals surface area contributed by atoms with Gasteiger partial charge in [0.05, 0.1) is 0 Å². The molecule has 0 aromatic carbocycles. The lowest BCUT2D eigenvalue weighted by molar-refractivity contribution is 0.458. The van der Waals surface area contributed by atoms with Crippen molar-refractivity contribution in [2.24, 2.45) is 0 Å². The molecular weight excluding hydrogens is 262 g/mol. The fourth-order valence-corrected chi connectivity index (χ4v) is 1.38. The van der Waals surface area contributed by atoms with Gasteiger partial charge < -0.3 is 9.31 Å². The molecule has 17 heavy (non-hydrogen) atoms. The number of rotatable bonds is 4. The van der Waals surface area contributed by atoms with E-state index in [0.717, 1.165) is 0 Å². The second-order valence-electron chi connectivity index (χ2n) is 2.96. The predicted octanol–water partition coefficient (Wildman–Crippen LogP) is 2.78. The molecule has 2 rings (SSSR count). The quantitative estimate of drug-likeness (QED) is 0.631. The summed E-state index contributed by atoms with van der Waals surface area (Å²) in [6.45, 7) is 0. The third-order valence-corrected chi connectivity index (χ3v) is 2.18. The summed E-state index contributed by atoms with van der Waals surface area (Å²) < 4.78 is 10.4. The van der Waals surface area contributed by atoms with Crippen LogP contribution in [0.25, 0.3) is 0 Å². The Morgan fingerprint density at radius 2 is 1.35 bits per heavy atom. The molecule has 0 fully saturated rings. The Balaban J connectivity index is 1.87. The summed E-state index contributed by atoms with van der Waals surface area (Å²) in [6, 6.07) is 6.46. The molecule has 0 saturated heterocycles. The van der Waals surface area contributed by atoms with Crippen molar-refractivity contribution in [1.29, 1.82) is 0 Å². The maximum atomic E-state index is 5.69. The van der Waals surface area contributed by atoms with Crippen molar-refractivity contribution in [2.45, 2.75) is 0 Å². The molecule has 2 aromatic rings. The van der Waals surface area contributed by atoms with E-state index in [4.69, 9.17) is 32.5 Å². The molecule has 85 valence electrons. The van der Waals surface area contributed by atoms with Crippen LogP contribution in [0, 0.1) is 0 Å². The van der Waals surface area contributed by atoms with Crippen molar-refractivity contribution in [3.8, 4) is 11.5 Å². The van der Waals surface area contributed by atoms with Crippen LogP contribution in [0.3, 0.4) is 0 Å². The Kier molecular flexibility index (Phi) is 4.06. The van der Waals surface area contributed by atoms with E-state index in [1.807, 2.05) is 0 Å². The second-order valence-corrected chi connectivity index (χ2v) is 3.73. The highest BCUT2D eigenvalue weighted by atomic mass is 35.5. The van der Waals surface area contributed by atoms with E-state index in [-0.39, 0.29) is 0 Å². The highest BCUT2D eigenvalue weighted by Gasteiger charge is 2.03. The van der Waals surface area contributed by atoms with Crippen LogP contribution in [0.5, 0.6) is 11.5 Å². The summed E-state index contributed by atoms with van der Waals surface area (Å²) in [6.07, 6.45) is 3.07. The lowest BCUT2D eigenvalue weighted by Gasteiger charge is -2.06. The Morgan fingerprint density at radius 1 is 0.882 bits per heavy atom. The second kappa shape index (κ2) is 5.75. The van der Waals surface area contributed by atoms with E-state index < -0.39 is 0 Å². The molecule has 0 aliphatic carbocycles. The number of hydrogen-bond donors (Lipinski definition) is 0. The standard InChI is InChI=1S/C10H6BCl2N2O2/c12-9-5-7(1-3-14-9)16-11-17-8-2-4-15-10(13)6-8/h1-6H. The van der Waals surface area contributed by atoms with E-state index in [2.05, 4.69) is 9.97 Å². The average molecular weight is 268 g/mol. The molecule has 0 unspecified atom stereocenters. The first-order chi connectivity index (χ1) is 8.24. The van der Waals surface area contributed by atoms with Gasteiger partial charge in [-0.05, 0) is 12.1 Å². The largest absolute Gasteiger partial charge is 0.658 e. The van der Waals surface area contributed by atoms with Gasteiger partial charge >= 0.3 is 7.69 Å². The molecule has 1 radical (unpaired) electrons. The van der Waals surface area contributed by atoms with E-state index in [1.165, 1.54) is 20.1 Å². The van der Waals surface area contributed by atoms with Crippen LogP contribution in [0.2, 0.25) is 10.3 Å². The van der Waals surface area contributed by atoms with Gasteiger partial charge in [0, 0.05) is 24.5 Å². The summed E-state index contributed by atoms with van der Waals surface area (Å²) in [5.41, 5.74) is 0. The van der Waals surface area contributed by atoms with Crippen LogP contribution in [-0.4, -0.2) is 17.7 Å². The Bertz CT molecular complexity index is 468. The fourth-order valence-electron chi connectivity index (χ4n) is 1.05. The van der Waals surface area contributed by atoms with Crippen molar-refractivity contribution in [2.75, 3.05) is 0 Å². The molecular formula is C10H6BCl2N2O2. The first-order valence-corrected chi connectivity index (χ1v) is 5.38. The summed E-state index contributed by atoms with van der Waals surface area (Å²) in [5, 5.41) is 0.700. The van der Waals surface area contributed by atoms with Gasteiger partial charge in [0.15, 0.2) is 0 Å². The van der Waals surface area contributed by atoms with Crippen molar-refractivity contribution in [3.05, 3.63) is 47.0 Å². The van der Waals surface area contributed by atoms with Crippen molar-refractivity contribution < 1.29 is 9.31 Å². The predicted molar refractivity (Wildman–Crippen MR) is 65.5 cm³/mol. The molecule has 0 aliphatic heterocycles. The summed E-state index contributed by atoms with van der Waals surface area (Å²) >= 11 is 11.4. The van der Waals surface area contributed by atoms with Crippen molar-refractivity contribution >= 4 is 30.9 Å². The third kappa shape index (κ3) is 3.80. The molecule has 2 heterocycles. The fraction of sp³-hybridized carbons (Fsp3) is 0. The normalized spacial score (nSPS) is 9.76. The van der Waals surface area contributed by atoms with Gasteiger partial charge in [0.25, 0.3) is 0 Å². The average Bonchev–Trinajstić information content (AvgIpc) is 2.29. The molecule has 7 heteroatoms. The SMILES string of the molecule is Clc1cc(O[B]Oc2ccnc(Cl)c2)ccn1. The number of halogens is 2. The molecule has 0 bridgehead atoms. The van der Waals surface area contributed by atoms with E-state index >= 15 is 0 Å². The lowest BCUT2D eigenvalue weighted by atomic mass is 10.3. The van der Waals surface area contributed by atoms with Gasteiger partial charge in [-0.25, -0.2) is 9.97 Å². The van der Waals surface area contributed by atoms with Crippen molar-refractivity contribution in [1.82, 2.24) is 9.97 Å². The first kappa shape index (κ1) is 12.0. The van der Waals surface area contributed by atoms with Crippen LogP contribution < -0.4 is 9.31 Å².